The van der Waals surface area contributed by atoms with Gasteiger partial charge in [-0.15, -0.1) is 0 Å². The number of benzene rings is 2. The molecule has 0 amide bonds. The van der Waals surface area contributed by atoms with E-state index < -0.39 is 29.1 Å². The van der Waals surface area contributed by atoms with Crippen LogP contribution < -0.4 is 16.6 Å². The number of nitrogens with one attached hydrogen (secondary N) is 2. The Kier molecular flexibility index (Phi) is 6.39. The van der Waals surface area contributed by atoms with Crippen molar-refractivity contribution < 1.29 is 14.3 Å². The number of aromatic amines is 1. The molecule has 3 N–H and O–H groups in total. The fraction of sp³-hybridized carbons (Fsp3) is 0.375. The van der Waals surface area contributed by atoms with Gasteiger partial charge in [0.2, 0.25) is 0 Å². The van der Waals surface area contributed by atoms with Gasteiger partial charge in [-0.2, -0.15) is 0 Å². The van der Waals surface area contributed by atoms with E-state index in [4.69, 9.17) is 0 Å². The number of carboxylic acid groups (broad SMARTS) is 1. The van der Waals surface area contributed by atoms with E-state index in [0.29, 0.717) is 22.6 Å². The number of hydrogen-bond acceptors (Lipinski definition) is 4. The molecule has 1 saturated carbocycles. The zero-order valence-electron chi connectivity index (χ0n) is 17.6. The minimum Gasteiger partial charge on any atom is -0.480 e. The van der Waals surface area contributed by atoms with Gasteiger partial charge in [0.05, 0.1) is 16.6 Å². The van der Waals surface area contributed by atoms with Crippen LogP contribution in [0, 0.1) is 11.7 Å². The molecule has 0 aliphatic heterocycles. The standard InChI is InChI=1S/C24H26FN3O4/c25-18-12-17-19(13-20(18)26-14-16-9-5-2-6-10-16)27-24(32)28(22(17)29)21(23(30)31)11-15-7-3-1-4-8-15/h1,3-4,7-8,12-13,16,21,26H,2,5-6,9-11,14H2,(H,27,32)(H,30,31)/t21-/m0/s1. The number of anilines is 1. The molecule has 1 aliphatic rings. The van der Waals surface area contributed by atoms with Crippen molar-refractivity contribution >= 4 is 22.6 Å². The van der Waals surface area contributed by atoms with Crippen molar-refractivity contribution in [1.29, 1.82) is 0 Å². The van der Waals surface area contributed by atoms with Gasteiger partial charge >= 0.3 is 11.7 Å². The van der Waals surface area contributed by atoms with Crippen LogP contribution in [-0.2, 0) is 11.2 Å². The van der Waals surface area contributed by atoms with Gasteiger partial charge in [0.15, 0.2) is 0 Å². The molecule has 0 spiro atoms. The van der Waals surface area contributed by atoms with E-state index in [9.17, 15) is 23.9 Å². The molecule has 1 atom stereocenters. The quantitative estimate of drug-likeness (QED) is 0.521. The summed E-state index contributed by atoms with van der Waals surface area (Å²) in [4.78, 5) is 40.2. The molecule has 0 bridgehead atoms. The highest BCUT2D eigenvalue weighted by atomic mass is 19.1. The van der Waals surface area contributed by atoms with Crippen molar-refractivity contribution in [2.24, 2.45) is 5.92 Å². The van der Waals surface area contributed by atoms with Crippen molar-refractivity contribution in [3.63, 3.8) is 0 Å². The predicted molar refractivity (Wildman–Crippen MR) is 121 cm³/mol. The maximum atomic E-state index is 14.8. The van der Waals surface area contributed by atoms with Crippen LogP contribution in [0.1, 0.15) is 43.7 Å². The van der Waals surface area contributed by atoms with Gasteiger partial charge in [0.1, 0.15) is 11.9 Å². The summed E-state index contributed by atoms with van der Waals surface area (Å²) in [5.41, 5.74) is -0.609. The molecule has 8 heteroatoms. The first-order chi connectivity index (χ1) is 15.4. The summed E-state index contributed by atoms with van der Waals surface area (Å²) in [5.74, 6) is -1.45. The van der Waals surface area contributed by atoms with Crippen LogP contribution in [0.2, 0.25) is 0 Å². The summed E-state index contributed by atoms with van der Waals surface area (Å²) < 4.78 is 15.4. The van der Waals surface area contributed by atoms with E-state index in [2.05, 4.69) is 10.3 Å². The fourth-order valence-corrected chi connectivity index (χ4v) is 4.44. The lowest BCUT2D eigenvalue weighted by Gasteiger charge is -2.22. The van der Waals surface area contributed by atoms with Crippen molar-refractivity contribution in [2.75, 3.05) is 11.9 Å². The first-order valence-electron chi connectivity index (χ1n) is 10.9. The summed E-state index contributed by atoms with van der Waals surface area (Å²) in [6.07, 6.45) is 5.73. The Morgan fingerprint density at radius 3 is 2.56 bits per heavy atom. The predicted octanol–water partition coefficient (Wildman–Crippen LogP) is 3.69. The average Bonchev–Trinajstić information content (AvgIpc) is 2.79. The number of nitrogens with zero attached hydrogens (tertiary/aromatic N) is 1. The number of H-pyrrole nitrogens is 1. The summed E-state index contributed by atoms with van der Waals surface area (Å²) in [6, 6.07) is 9.79. The molecule has 2 aromatic carbocycles. The van der Waals surface area contributed by atoms with E-state index in [1.165, 1.54) is 25.3 Å². The Balaban J connectivity index is 1.68. The van der Waals surface area contributed by atoms with Gasteiger partial charge in [0, 0.05) is 13.0 Å². The summed E-state index contributed by atoms with van der Waals surface area (Å²) in [7, 11) is 0. The van der Waals surface area contributed by atoms with Gasteiger partial charge in [0.25, 0.3) is 5.56 Å². The lowest BCUT2D eigenvalue weighted by atomic mass is 9.89. The largest absolute Gasteiger partial charge is 0.480 e. The summed E-state index contributed by atoms with van der Waals surface area (Å²) in [5, 5.41) is 12.7. The fourth-order valence-electron chi connectivity index (χ4n) is 4.44. The molecular formula is C24H26FN3O4. The normalized spacial score (nSPS) is 15.5. The Morgan fingerprint density at radius 1 is 1.16 bits per heavy atom. The van der Waals surface area contributed by atoms with Gasteiger partial charge in [-0.3, -0.25) is 4.79 Å². The van der Waals surface area contributed by atoms with E-state index in [-0.39, 0.29) is 23.0 Å². The van der Waals surface area contributed by atoms with Crippen LogP contribution in [0.15, 0.2) is 52.1 Å². The molecular weight excluding hydrogens is 413 g/mol. The molecule has 4 rings (SSSR count). The maximum Gasteiger partial charge on any atom is 0.329 e. The zero-order chi connectivity index (χ0) is 22.7. The topological polar surface area (TPSA) is 104 Å². The minimum absolute atomic E-state index is 0.0474. The van der Waals surface area contributed by atoms with Gasteiger partial charge < -0.3 is 15.4 Å². The van der Waals surface area contributed by atoms with Crippen LogP contribution in [0.25, 0.3) is 10.9 Å². The first-order valence-corrected chi connectivity index (χ1v) is 10.9. The van der Waals surface area contributed by atoms with Crippen LogP contribution in [0.4, 0.5) is 10.1 Å². The van der Waals surface area contributed by atoms with E-state index in [1.54, 1.807) is 30.3 Å². The van der Waals surface area contributed by atoms with Crippen LogP contribution in [0.3, 0.4) is 0 Å². The molecule has 168 valence electrons. The number of carboxylic acids is 1. The van der Waals surface area contributed by atoms with E-state index >= 15 is 0 Å². The third-order valence-corrected chi connectivity index (χ3v) is 6.19. The monoisotopic (exact) mass is 439 g/mol. The van der Waals surface area contributed by atoms with Crippen LogP contribution in [0.5, 0.6) is 0 Å². The Bertz CT molecular complexity index is 1230. The van der Waals surface area contributed by atoms with E-state index in [0.717, 1.165) is 18.9 Å². The molecule has 3 aromatic rings. The SMILES string of the molecule is O=C(O)[C@H](Cc1ccccc1)n1c(=O)[nH]c2cc(NCC3CCCCC3)c(F)cc2c1=O. The second kappa shape index (κ2) is 9.38. The van der Waals surface area contributed by atoms with E-state index in [1.807, 2.05) is 0 Å². The van der Waals surface area contributed by atoms with Gasteiger partial charge in [-0.25, -0.2) is 18.5 Å². The van der Waals surface area contributed by atoms with Gasteiger partial charge in [-0.1, -0.05) is 49.6 Å². The number of carbonyl (C=O) groups is 1. The molecule has 0 unspecified atom stereocenters. The van der Waals surface area contributed by atoms with Crippen molar-refractivity contribution in [2.45, 2.75) is 44.6 Å². The lowest BCUT2D eigenvalue weighted by Crippen LogP contribution is -2.41. The number of halogens is 1. The highest BCUT2D eigenvalue weighted by molar-refractivity contribution is 5.82. The average molecular weight is 439 g/mol. The summed E-state index contributed by atoms with van der Waals surface area (Å²) >= 11 is 0. The summed E-state index contributed by atoms with van der Waals surface area (Å²) in [6.45, 7) is 0.627. The molecule has 1 aromatic heterocycles. The Labute approximate surface area is 183 Å². The number of aromatic nitrogens is 2. The highest BCUT2D eigenvalue weighted by Crippen LogP contribution is 2.25. The smallest absolute Gasteiger partial charge is 0.329 e. The van der Waals surface area contributed by atoms with Gasteiger partial charge in [-0.05, 0) is 36.5 Å². The molecule has 1 heterocycles. The minimum atomic E-state index is -1.41. The number of aliphatic carboxylic acids is 1. The van der Waals surface area contributed by atoms with Crippen LogP contribution in [-0.4, -0.2) is 27.2 Å². The maximum absolute atomic E-state index is 14.8. The van der Waals surface area contributed by atoms with Crippen molar-refractivity contribution in [3.05, 3.63) is 74.7 Å². The second-order valence-corrected chi connectivity index (χ2v) is 8.41. The third-order valence-electron chi connectivity index (χ3n) is 6.19. The Hall–Kier alpha value is -3.42. The first kappa shape index (κ1) is 21.8. The molecule has 32 heavy (non-hydrogen) atoms. The molecule has 0 saturated heterocycles. The lowest BCUT2D eigenvalue weighted by molar-refractivity contribution is -0.141. The third kappa shape index (κ3) is 4.59. The number of fused-ring (bicyclic) bond motifs is 1. The molecule has 1 aliphatic carbocycles. The highest BCUT2D eigenvalue weighted by Gasteiger charge is 2.25. The van der Waals surface area contributed by atoms with Crippen LogP contribution >= 0.6 is 0 Å². The second-order valence-electron chi connectivity index (χ2n) is 8.41. The molecule has 1 fully saturated rings. The molecule has 7 nitrogen and oxygen atoms in total. The number of rotatable bonds is 7. The number of hydrogen-bond donors (Lipinski definition) is 3. The molecule has 0 radical (unpaired) electrons. The van der Waals surface area contributed by atoms with Crippen molar-refractivity contribution in [3.8, 4) is 0 Å². The zero-order valence-corrected chi connectivity index (χ0v) is 17.6. The van der Waals surface area contributed by atoms with Crippen molar-refractivity contribution in [1.82, 2.24) is 9.55 Å². The Morgan fingerprint density at radius 2 is 1.88 bits per heavy atom.